The van der Waals surface area contributed by atoms with Crippen molar-refractivity contribution in [3.63, 3.8) is 0 Å². The van der Waals surface area contributed by atoms with Gasteiger partial charge in [0, 0.05) is 0 Å². The lowest BCUT2D eigenvalue weighted by atomic mass is 10.3. The number of carbonyl (C=O) groups is 2. The monoisotopic (exact) mass is 144 g/mol. The SMILES string of the molecule is CN(C)CC(=O)CC(N)=O. The Morgan fingerprint density at radius 3 is 2.20 bits per heavy atom. The molecule has 0 rings (SSSR count). The van der Waals surface area contributed by atoms with Gasteiger partial charge >= 0.3 is 0 Å². The molecule has 0 bridgehead atoms. The first kappa shape index (κ1) is 9.10. The van der Waals surface area contributed by atoms with Crippen LogP contribution >= 0.6 is 0 Å². The molecule has 4 heteroatoms. The quantitative estimate of drug-likeness (QED) is 0.514. The van der Waals surface area contributed by atoms with Crippen LogP contribution in [0.1, 0.15) is 6.42 Å². The summed E-state index contributed by atoms with van der Waals surface area (Å²) in [6.07, 6.45) is -0.155. The first-order chi connectivity index (χ1) is 4.52. The van der Waals surface area contributed by atoms with Crippen molar-refractivity contribution >= 4 is 11.7 Å². The standard InChI is InChI=1S/C6H12N2O2/c1-8(2)4-5(9)3-6(7)10/h3-4H2,1-2H3,(H2,7,10). The predicted octanol–water partition coefficient (Wildman–Crippen LogP) is -1.01. The Kier molecular flexibility index (Phi) is 3.64. The first-order valence-electron chi connectivity index (χ1n) is 2.97. The summed E-state index contributed by atoms with van der Waals surface area (Å²) in [4.78, 5) is 22.6. The number of carbonyl (C=O) groups excluding carboxylic acids is 2. The maximum atomic E-state index is 10.7. The van der Waals surface area contributed by atoms with E-state index in [2.05, 4.69) is 0 Å². The first-order valence-corrected chi connectivity index (χ1v) is 2.97. The second kappa shape index (κ2) is 4.00. The second-order valence-electron chi connectivity index (χ2n) is 2.42. The van der Waals surface area contributed by atoms with Crippen LogP contribution in [0.15, 0.2) is 0 Å². The molecule has 58 valence electrons. The van der Waals surface area contributed by atoms with Crippen LogP contribution in [-0.4, -0.2) is 37.2 Å². The molecule has 2 N–H and O–H groups in total. The number of Topliss-reactive ketones (excluding diaryl/α,β-unsaturated/α-hetero) is 1. The fourth-order valence-electron chi connectivity index (χ4n) is 0.603. The summed E-state index contributed by atoms with van der Waals surface area (Å²) in [7, 11) is 3.53. The average Bonchev–Trinajstić information content (AvgIpc) is 1.58. The molecule has 0 aromatic carbocycles. The molecule has 0 spiro atoms. The smallest absolute Gasteiger partial charge is 0.224 e. The third kappa shape index (κ3) is 5.24. The van der Waals surface area contributed by atoms with Crippen molar-refractivity contribution in [3.8, 4) is 0 Å². The van der Waals surface area contributed by atoms with Crippen molar-refractivity contribution in [1.82, 2.24) is 4.90 Å². The third-order valence-corrected chi connectivity index (χ3v) is 0.864. The molecule has 0 saturated heterocycles. The number of rotatable bonds is 4. The zero-order valence-corrected chi connectivity index (χ0v) is 6.26. The van der Waals surface area contributed by atoms with Crippen LogP contribution in [0.5, 0.6) is 0 Å². The van der Waals surface area contributed by atoms with Gasteiger partial charge in [-0.25, -0.2) is 0 Å². The van der Waals surface area contributed by atoms with Crippen LogP contribution in [0, 0.1) is 0 Å². The molecule has 0 unspecified atom stereocenters. The van der Waals surface area contributed by atoms with Crippen molar-refractivity contribution < 1.29 is 9.59 Å². The molecule has 0 heterocycles. The minimum atomic E-state index is -0.563. The number of nitrogens with zero attached hydrogens (tertiary/aromatic N) is 1. The fourth-order valence-corrected chi connectivity index (χ4v) is 0.603. The maximum Gasteiger partial charge on any atom is 0.224 e. The molecule has 0 aliphatic rings. The van der Waals surface area contributed by atoms with Gasteiger partial charge < -0.3 is 10.6 Å². The van der Waals surface area contributed by atoms with E-state index < -0.39 is 5.91 Å². The highest BCUT2D eigenvalue weighted by Gasteiger charge is 2.05. The molecular formula is C6H12N2O2. The van der Waals surface area contributed by atoms with E-state index in [1.807, 2.05) is 0 Å². The van der Waals surface area contributed by atoms with Crippen LogP contribution in [0.2, 0.25) is 0 Å². The van der Waals surface area contributed by atoms with Crippen molar-refractivity contribution in [2.24, 2.45) is 5.73 Å². The van der Waals surface area contributed by atoms with Crippen LogP contribution in [0.3, 0.4) is 0 Å². The number of nitrogens with two attached hydrogens (primary N) is 1. The van der Waals surface area contributed by atoms with Crippen molar-refractivity contribution in [2.75, 3.05) is 20.6 Å². The Labute approximate surface area is 60.0 Å². The van der Waals surface area contributed by atoms with Gasteiger partial charge in [0.1, 0.15) is 0 Å². The summed E-state index contributed by atoms with van der Waals surface area (Å²) in [6.45, 7) is 0.281. The Hall–Kier alpha value is -0.900. The molecule has 0 aromatic rings. The second-order valence-corrected chi connectivity index (χ2v) is 2.42. The van der Waals surface area contributed by atoms with E-state index in [0.29, 0.717) is 0 Å². The molecule has 0 atom stereocenters. The predicted molar refractivity (Wildman–Crippen MR) is 37.4 cm³/mol. The molecule has 10 heavy (non-hydrogen) atoms. The van der Waals surface area contributed by atoms with Crippen LogP contribution < -0.4 is 5.73 Å². The van der Waals surface area contributed by atoms with Crippen molar-refractivity contribution in [2.45, 2.75) is 6.42 Å². The Balaban J connectivity index is 3.54. The summed E-state index contributed by atoms with van der Waals surface area (Å²) < 4.78 is 0. The number of likely N-dealkylation sites (N-methyl/N-ethyl adjacent to an activating group) is 1. The maximum absolute atomic E-state index is 10.7. The Morgan fingerprint density at radius 1 is 1.40 bits per heavy atom. The number of amides is 1. The summed E-state index contributed by atoms with van der Waals surface area (Å²) in [5.74, 6) is -0.704. The third-order valence-electron chi connectivity index (χ3n) is 0.864. The summed E-state index contributed by atoms with van der Waals surface area (Å²) in [6, 6.07) is 0. The lowest BCUT2D eigenvalue weighted by Gasteiger charge is -2.05. The Bertz CT molecular complexity index is 143. The van der Waals surface area contributed by atoms with E-state index >= 15 is 0 Å². The highest BCUT2D eigenvalue weighted by Crippen LogP contribution is 1.83. The molecule has 0 saturated carbocycles. The highest BCUT2D eigenvalue weighted by atomic mass is 16.2. The number of primary amides is 1. The van der Waals surface area contributed by atoms with Crippen molar-refractivity contribution in [1.29, 1.82) is 0 Å². The lowest BCUT2D eigenvalue weighted by molar-refractivity contribution is -0.126. The number of hydrogen-bond donors (Lipinski definition) is 1. The normalized spacial score (nSPS) is 9.90. The molecule has 0 aliphatic carbocycles. The van der Waals surface area contributed by atoms with Crippen LogP contribution in [0.4, 0.5) is 0 Å². The van der Waals surface area contributed by atoms with Gasteiger partial charge in [-0.1, -0.05) is 0 Å². The molecule has 0 radical (unpaired) electrons. The molecule has 0 aliphatic heterocycles. The average molecular weight is 144 g/mol. The zero-order chi connectivity index (χ0) is 8.15. The summed E-state index contributed by atoms with van der Waals surface area (Å²) in [5, 5.41) is 0. The molecule has 0 aromatic heterocycles. The molecular weight excluding hydrogens is 132 g/mol. The van der Waals surface area contributed by atoms with Gasteiger partial charge in [-0.2, -0.15) is 0 Å². The van der Waals surface area contributed by atoms with E-state index in [0.717, 1.165) is 0 Å². The van der Waals surface area contributed by atoms with Crippen LogP contribution in [0.25, 0.3) is 0 Å². The number of hydrogen-bond acceptors (Lipinski definition) is 3. The summed E-state index contributed by atoms with van der Waals surface area (Å²) >= 11 is 0. The molecule has 4 nitrogen and oxygen atoms in total. The van der Waals surface area contributed by atoms with Gasteiger partial charge in [-0.05, 0) is 14.1 Å². The van der Waals surface area contributed by atoms with Crippen molar-refractivity contribution in [3.05, 3.63) is 0 Å². The van der Waals surface area contributed by atoms with Gasteiger partial charge in [0.15, 0.2) is 5.78 Å². The van der Waals surface area contributed by atoms with E-state index in [-0.39, 0.29) is 18.7 Å². The Morgan fingerprint density at radius 2 is 1.90 bits per heavy atom. The topological polar surface area (TPSA) is 63.4 Å². The van der Waals surface area contributed by atoms with Gasteiger partial charge in [0.25, 0.3) is 0 Å². The number of ketones is 1. The lowest BCUT2D eigenvalue weighted by Crippen LogP contribution is -2.25. The molecule has 1 amide bonds. The van der Waals surface area contributed by atoms with Crippen LogP contribution in [-0.2, 0) is 9.59 Å². The highest BCUT2D eigenvalue weighted by molar-refractivity contribution is 5.98. The summed E-state index contributed by atoms with van der Waals surface area (Å²) in [5.41, 5.74) is 4.79. The van der Waals surface area contributed by atoms with E-state index in [1.165, 1.54) is 0 Å². The zero-order valence-electron chi connectivity index (χ0n) is 6.26. The minimum absolute atomic E-state index is 0.141. The largest absolute Gasteiger partial charge is 0.369 e. The van der Waals surface area contributed by atoms with Gasteiger partial charge in [0.2, 0.25) is 5.91 Å². The van der Waals surface area contributed by atoms with Gasteiger partial charge in [0.05, 0.1) is 13.0 Å². The molecule has 0 fully saturated rings. The van der Waals surface area contributed by atoms with Gasteiger partial charge in [-0.3, -0.25) is 9.59 Å². The van der Waals surface area contributed by atoms with E-state index in [1.54, 1.807) is 19.0 Å². The fraction of sp³-hybridized carbons (Fsp3) is 0.667. The van der Waals surface area contributed by atoms with Gasteiger partial charge in [-0.15, -0.1) is 0 Å². The van der Waals surface area contributed by atoms with E-state index in [4.69, 9.17) is 5.73 Å². The van der Waals surface area contributed by atoms with E-state index in [9.17, 15) is 9.59 Å². The minimum Gasteiger partial charge on any atom is -0.369 e.